The number of nitrogens with zero attached hydrogens (tertiary/aromatic N) is 1. The van der Waals surface area contributed by atoms with Crippen LogP contribution in [0.15, 0.2) is 36.5 Å². The molecule has 2 amide bonds. The van der Waals surface area contributed by atoms with E-state index < -0.39 is 6.04 Å². The Labute approximate surface area is 121 Å². The number of rotatable bonds is 5. The molecule has 0 spiro atoms. The number of urea groups is 1. The van der Waals surface area contributed by atoms with Crippen LogP contribution in [0.25, 0.3) is 0 Å². The summed E-state index contributed by atoms with van der Waals surface area (Å²) in [5.41, 5.74) is 0.874. The van der Waals surface area contributed by atoms with Crippen molar-refractivity contribution < 1.29 is 9.90 Å². The molecule has 0 aliphatic heterocycles. The van der Waals surface area contributed by atoms with E-state index in [-0.39, 0.29) is 12.6 Å². The number of carbonyl (C=O) groups excluding carboxylic acids is 1. The number of aryl methyl sites for hydroxylation is 1. The highest BCUT2D eigenvalue weighted by Gasteiger charge is 2.13. The van der Waals surface area contributed by atoms with Gasteiger partial charge in [-0.05, 0) is 12.5 Å². The predicted molar refractivity (Wildman–Crippen MR) is 78.5 cm³/mol. The molecule has 0 radical (unpaired) electrons. The van der Waals surface area contributed by atoms with E-state index in [0.717, 1.165) is 15.4 Å². The molecule has 20 heavy (non-hydrogen) atoms. The average molecular weight is 291 g/mol. The monoisotopic (exact) mass is 291 g/mol. The van der Waals surface area contributed by atoms with E-state index in [1.807, 2.05) is 37.3 Å². The van der Waals surface area contributed by atoms with Crippen LogP contribution in [0.3, 0.4) is 0 Å². The summed E-state index contributed by atoms with van der Waals surface area (Å²) in [5.74, 6) is 0. The van der Waals surface area contributed by atoms with E-state index >= 15 is 0 Å². The van der Waals surface area contributed by atoms with Gasteiger partial charge in [0.05, 0.1) is 24.2 Å². The summed E-state index contributed by atoms with van der Waals surface area (Å²) in [6.45, 7) is 2.22. The number of thiazole rings is 1. The fraction of sp³-hybridized carbons (Fsp3) is 0.286. The molecular weight excluding hydrogens is 274 g/mol. The number of nitrogens with one attached hydrogen (secondary N) is 2. The second kappa shape index (κ2) is 7.02. The molecule has 0 fully saturated rings. The van der Waals surface area contributed by atoms with Crippen molar-refractivity contribution in [3.8, 4) is 0 Å². The van der Waals surface area contributed by atoms with Gasteiger partial charge in [0.25, 0.3) is 0 Å². The maximum Gasteiger partial charge on any atom is 0.315 e. The van der Waals surface area contributed by atoms with Crippen molar-refractivity contribution >= 4 is 17.4 Å². The van der Waals surface area contributed by atoms with Crippen LogP contribution in [-0.2, 0) is 6.54 Å². The molecule has 2 aromatic rings. The van der Waals surface area contributed by atoms with Crippen molar-refractivity contribution in [2.75, 3.05) is 6.61 Å². The molecule has 0 aliphatic rings. The van der Waals surface area contributed by atoms with Crippen LogP contribution in [0.1, 0.15) is 21.5 Å². The Kier molecular flexibility index (Phi) is 5.09. The molecule has 1 atom stereocenters. The summed E-state index contributed by atoms with van der Waals surface area (Å²) < 4.78 is 0. The lowest BCUT2D eigenvalue weighted by Gasteiger charge is -2.17. The van der Waals surface area contributed by atoms with E-state index in [9.17, 15) is 9.90 Å². The van der Waals surface area contributed by atoms with E-state index in [0.29, 0.717) is 6.54 Å². The maximum absolute atomic E-state index is 11.8. The summed E-state index contributed by atoms with van der Waals surface area (Å²) in [7, 11) is 0. The zero-order chi connectivity index (χ0) is 14.4. The van der Waals surface area contributed by atoms with Crippen LogP contribution in [-0.4, -0.2) is 22.7 Å². The SMILES string of the molecule is Cc1ncc(CNC(=O)NC(CO)c2ccccc2)s1. The summed E-state index contributed by atoms with van der Waals surface area (Å²) in [4.78, 5) is 16.9. The Balaban J connectivity index is 1.86. The lowest BCUT2D eigenvalue weighted by atomic mass is 10.1. The van der Waals surface area contributed by atoms with Crippen molar-refractivity contribution in [3.63, 3.8) is 0 Å². The topological polar surface area (TPSA) is 74.2 Å². The Morgan fingerprint density at radius 3 is 2.75 bits per heavy atom. The minimum absolute atomic E-state index is 0.142. The first-order valence-electron chi connectivity index (χ1n) is 6.30. The third kappa shape index (κ3) is 4.04. The van der Waals surface area contributed by atoms with Crippen molar-refractivity contribution in [1.29, 1.82) is 0 Å². The van der Waals surface area contributed by atoms with Crippen molar-refractivity contribution in [2.24, 2.45) is 0 Å². The number of hydrogen-bond acceptors (Lipinski definition) is 4. The molecule has 1 aromatic carbocycles. The Morgan fingerprint density at radius 2 is 2.15 bits per heavy atom. The van der Waals surface area contributed by atoms with Crippen LogP contribution in [0.4, 0.5) is 4.79 Å². The predicted octanol–water partition coefficient (Wildman–Crippen LogP) is 1.98. The molecule has 5 nitrogen and oxygen atoms in total. The van der Waals surface area contributed by atoms with E-state index in [4.69, 9.17) is 0 Å². The third-order valence-electron chi connectivity index (χ3n) is 2.78. The summed E-state index contributed by atoms with van der Waals surface area (Å²) in [6, 6.07) is 8.67. The third-order valence-corrected chi connectivity index (χ3v) is 3.69. The number of carbonyl (C=O) groups is 1. The van der Waals surface area contributed by atoms with Crippen molar-refractivity contribution in [1.82, 2.24) is 15.6 Å². The highest BCUT2D eigenvalue weighted by molar-refractivity contribution is 7.11. The van der Waals surface area contributed by atoms with Gasteiger partial charge in [0.1, 0.15) is 0 Å². The number of hydrogen-bond donors (Lipinski definition) is 3. The van der Waals surface area contributed by atoms with Crippen LogP contribution in [0.2, 0.25) is 0 Å². The van der Waals surface area contributed by atoms with E-state index in [1.54, 1.807) is 17.5 Å². The van der Waals surface area contributed by atoms with Gasteiger partial charge >= 0.3 is 6.03 Å². The molecule has 0 saturated heterocycles. The van der Waals surface area contributed by atoms with Gasteiger partial charge < -0.3 is 15.7 Å². The van der Waals surface area contributed by atoms with Gasteiger partial charge in [0.15, 0.2) is 0 Å². The van der Waals surface area contributed by atoms with Gasteiger partial charge in [-0.25, -0.2) is 9.78 Å². The zero-order valence-electron chi connectivity index (χ0n) is 11.2. The molecule has 6 heteroatoms. The number of amides is 2. The van der Waals surface area contributed by atoms with Gasteiger partial charge in [0.2, 0.25) is 0 Å². The largest absolute Gasteiger partial charge is 0.394 e. The second-order valence-electron chi connectivity index (χ2n) is 4.32. The highest BCUT2D eigenvalue weighted by atomic mass is 32.1. The van der Waals surface area contributed by atoms with Gasteiger partial charge in [-0.3, -0.25) is 0 Å². The van der Waals surface area contributed by atoms with Crippen LogP contribution >= 0.6 is 11.3 Å². The molecule has 0 aliphatic carbocycles. The Hall–Kier alpha value is -1.92. The second-order valence-corrected chi connectivity index (χ2v) is 5.64. The minimum Gasteiger partial charge on any atom is -0.394 e. The maximum atomic E-state index is 11.8. The van der Waals surface area contributed by atoms with Gasteiger partial charge in [-0.1, -0.05) is 30.3 Å². The Bertz CT molecular complexity index is 557. The highest BCUT2D eigenvalue weighted by Crippen LogP contribution is 2.12. The van der Waals surface area contributed by atoms with Gasteiger partial charge in [-0.2, -0.15) is 0 Å². The van der Waals surface area contributed by atoms with Crippen molar-refractivity contribution in [2.45, 2.75) is 19.5 Å². The fourth-order valence-corrected chi connectivity index (χ4v) is 2.52. The zero-order valence-corrected chi connectivity index (χ0v) is 12.0. The number of aliphatic hydroxyl groups excluding tert-OH is 1. The minimum atomic E-state index is -0.403. The first-order chi connectivity index (χ1) is 9.69. The molecule has 1 aromatic heterocycles. The van der Waals surface area contributed by atoms with Crippen LogP contribution < -0.4 is 10.6 Å². The molecular formula is C14H17N3O2S. The van der Waals surface area contributed by atoms with Gasteiger partial charge in [-0.15, -0.1) is 11.3 Å². The first-order valence-corrected chi connectivity index (χ1v) is 7.12. The van der Waals surface area contributed by atoms with E-state index in [2.05, 4.69) is 15.6 Å². The normalized spacial score (nSPS) is 11.9. The quantitative estimate of drug-likeness (QED) is 0.788. The average Bonchev–Trinajstić information content (AvgIpc) is 2.89. The molecule has 0 bridgehead atoms. The number of aromatic nitrogens is 1. The lowest BCUT2D eigenvalue weighted by Crippen LogP contribution is -2.38. The van der Waals surface area contributed by atoms with E-state index in [1.165, 1.54) is 0 Å². The van der Waals surface area contributed by atoms with Crippen LogP contribution in [0.5, 0.6) is 0 Å². The first kappa shape index (κ1) is 14.5. The smallest absolute Gasteiger partial charge is 0.315 e. The molecule has 106 valence electrons. The standard InChI is InChI=1S/C14H17N3O2S/c1-10-15-7-12(20-10)8-16-14(19)17-13(9-18)11-5-3-2-4-6-11/h2-7,13,18H,8-9H2,1H3,(H2,16,17,19). The number of benzene rings is 1. The molecule has 1 heterocycles. The van der Waals surface area contributed by atoms with Crippen LogP contribution in [0, 0.1) is 6.92 Å². The van der Waals surface area contributed by atoms with Crippen molar-refractivity contribution in [3.05, 3.63) is 52.0 Å². The Morgan fingerprint density at radius 1 is 1.40 bits per heavy atom. The molecule has 0 saturated carbocycles. The molecule has 2 rings (SSSR count). The molecule has 1 unspecified atom stereocenters. The summed E-state index contributed by atoms with van der Waals surface area (Å²) in [5, 5.41) is 15.8. The summed E-state index contributed by atoms with van der Waals surface area (Å²) >= 11 is 1.55. The molecule has 3 N–H and O–H groups in total. The van der Waals surface area contributed by atoms with Gasteiger partial charge in [0, 0.05) is 11.1 Å². The lowest BCUT2D eigenvalue weighted by molar-refractivity contribution is 0.216. The summed E-state index contributed by atoms with van der Waals surface area (Å²) in [6.07, 6.45) is 1.75. The fourth-order valence-electron chi connectivity index (χ4n) is 1.78. The number of aliphatic hydroxyl groups is 1.